The number of benzene rings is 23. The highest BCUT2D eigenvalue weighted by Crippen LogP contribution is 2.59. The molecule has 4 heteroatoms. The highest BCUT2D eigenvalue weighted by molar-refractivity contribution is 6.15. The molecule has 0 atom stereocenters. The van der Waals surface area contributed by atoms with Gasteiger partial charge in [0, 0.05) is 65.8 Å². The van der Waals surface area contributed by atoms with E-state index in [4.69, 9.17) is 0 Å². The fourth-order valence-electron chi connectivity index (χ4n) is 24.3. The Balaban J connectivity index is 0.000000141. The van der Waals surface area contributed by atoms with Crippen molar-refractivity contribution < 1.29 is 0 Å². The van der Waals surface area contributed by atoms with Gasteiger partial charge >= 0.3 is 0 Å². The highest BCUT2D eigenvalue weighted by atomic mass is 15.0. The zero-order valence-electron chi connectivity index (χ0n) is 78.9. The lowest BCUT2D eigenvalue weighted by atomic mass is 9.67. The van der Waals surface area contributed by atoms with Crippen LogP contribution in [0.3, 0.4) is 0 Å². The SMILES string of the molecule is c1ccc(-c2ccc(C3(c4cccc(-c5ccc(-c6ccc(-n7c8ccccc8c8cc(-c9ccc%10c(c9)c9ccccc9n%10-c9ccccc9)ccc87)cc6)cc5)c4)c4ccccc4-c4ccccc43)cc2)cc1.c1ccc(-n2c3ccccc3c3cc(-c4ccc5c(c4)c4ccccc4n5-c4ccc(-c5ccc(-c6cccc(C7(c8ccccc8)c8ccccc8-c8ccccc87)c6)cc5)cc4)ccc32)cc1. The molecule has 0 spiro atoms. The van der Waals surface area contributed by atoms with Crippen LogP contribution in [0.1, 0.15) is 44.5 Å². The van der Waals surface area contributed by atoms with Gasteiger partial charge in [0.1, 0.15) is 0 Å². The molecule has 4 heterocycles. The maximum atomic E-state index is 2.42. The van der Waals surface area contributed by atoms with Crippen LogP contribution in [-0.2, 0) is 10.8 Å². The van der Waals surface area contributed by atoms with Gasteiger partial charge in [-0.3, -0.25) is 0 Å². The first-order chi connectivity index (χ1) is 71.4. The number of hydrogen-bond donors (Lipinski definition) is 0. The Morgan fingerprint density at radius 1 is 0.111 bits per heavy atom. The van der Waals surface area contributed by atoms with Crippen LogP contribution in [-0.4, -0.2) is 18.3 Å². The fourth-order valence-corrected chi connectivity index (χ4v) is 24.3. The number of para-hydroxylation sites is 6. The Hall–Kier alpha value is -18.7. The summed E-state index contributed by atoms with van der Waals surface area (Å²) in [5.74, 6) is 0. The molecule has 144 heavy (non-hydrogen) atoms. The largest absolute Gasteiger partial charge is 0.309 e. The lowest BCUT2D eigenvalue weighted by Gasteiger charge is -2.34. The lowest BCUT2D eigenvalue weighted by molar-refractivity contribution is 0.769. The van der Waals surface area contributed by atoms with Gasteiger partial charge in [0.05, 0.1) is 55.0 Å². The first-order valence-electron chi connectivity index (χ1n) is 49.9. The van der Waals surface area contributed by atoms with E-state index < -0.39 is 10.8 Å². The quantitative estimate of drug-likeness (QED) is 0.0975. The molecule has 4 nitrogen and oxygen atoms in total. The van der Waals surface area contributed by atoms with Gasteiger partial charge < -0.3 is 18.3 Å². The van der Waals surface area contributed by atoms with Crippen LogP contribution in [0.2, 0.25) is 0 Å². The number of rotatable bonds is 15. The monoisotopic (exact) mass is 1830 g/mol. The smallest absolute Gasteiger partial charge is 0.0713 e. The van der Waals surface area contributed by atoms with Crippen molar-refractivity contribution in [3.63, 3.8) is 0 Å². The molecule has 0 bridgehead atoms. The van der Waals surface area contributed by atoms with E-state index in [0.29, 0.717) is 0 Å². The Labute approximate surface area is 835 Å². The van der Waals surface area contributed by atoms with Crippen LogP contribution in [0, 0.1) is 0 Å². The molecule has 0 radical (unpaired) electrons. The van der Waals surface area contributed by atoms with Gasteiger partial charge in [0.15, 0.2) is 0 Å². The molecule has 0 aliphatic heterocycles. The standard InChI is InChI=1S/C73H48N2.C67H44N2/c1-3-16-49(17-4-1)51-34-40-57(41-35-51)73(67-26-11-7-22-61(67)62-23-8-12-27-68(62)73)58-19-15-18-54(46-58)53-32-30-50(31-33-53)52-36-42-60(43-37-52)75-70-29-14-10-25-64(70)66-48-56(39-45-72(66)75)55-38-44-71-65(47-55)63-24-9-13-28-69(63)74(71)59-20-5-2-6-21-59;1-3-17-51(18-4-1)67(61-26-11-7-22-55(61)56-23-8-12-27-62(56)67)52-19-15-16-48(42-52)47-32-30-45(31-33-47)46-34-38-54(39-35-46)69-64-29-14-10-25-58(64)60-44-50(37-41-66(60)69)49-36-40-65-59(43-49)57-24-9-13-28-63(57)68(65)53-20-5-2-6-21-53/h1-48H;1-44H. The predicted molar refractivity (Wildman–Crippen MR) is 603 cm³/mol. The summed E-state index contributed by atoms with van der Waals surface area (Å²) in [5.41, 5.74) is 45.7. The van der Waals surface area contributed by atoms with Gasteiger partial charge in [-0.1, -0.05) is 425 Å². The Morgan fingerprint density at radius 3 is 0.618 bits per heavy atom. The highest BCUT2D eigenvalue weighted by Gasteiger charge is 2.48. The van der Waals surface area contributed by atoms with Gasteiger partial charge in [0.2, 0.25) is 0 Å². The van der Waals surface area contributed by atoms with E-state index in [1.807, 2.05) is 0 Å². The fraction of sp³-hybridized carbons (Fsp3) is 0.0143. The number of hydrogen-bond acceptors (Lipinski definition) is 0. The second-order valence-corrected chi connectivity index (χ2v) is 38.4. The summed E-state index contributed by atoms with van der Waals surface area (Å²) < 4.78 is 9.58. The van der Waals surface area contributed by atoms with Crippen LogP contribution in [0.25, 0.3) is 210 Å². The van der Waals surface area contributed by atoms with E-state index in [9.17, 15) is 0 Å². The Bertz CT molecular complexity index is 9610. The van der Waals surface area contributed by atoms with Crippen molar-refractivity contribution in [1.29, 1.82) is 0 Å². The second-order valence-electron chi connectivity index (χ2n) is 38.4. The minimum atomic E-state index is -0.486. The molecule has 0 saturated carbocycles. The molecule has 0 fully saturated rings. The zero-order chi connectivity index (χ0) is 94.9. The molecule has 23 aromatic carbocycles. The average molecular weight is 1830 g/mol. The van der Waals surface area contributed by atoms with Gasteiger partial charge in [-0.25, -0.2) is 0 Å². The Morgan fingerprint density at radius 2 is 0.306 bits per heavy atom. The van der Waals surface area contributed by atoms with Gasteiger partial charge in [-0.05, 0) is 278 Å². The summed E-state index contributed by atoms with van der Waals surface area (Å²) >= 11 is 0. The van der Waals surface area contributed by atoms with E-state index in [2.05, 4.69) is 576 Å². The van der Waals surface area contributed by atoms with Crippen molar-refractivity contribution >= 4 is 87.2 Å². The molecule has 0 N–H and O–H groups in total. The number of nitrogens with zero attached hydrogens (tertiary/aromatic N) is 4. The van der Waals surface area contributed by atoms with Crippen molar-refractivity contribution in [2.75, 3.05) is 0 Å². The summed E-state index contributed by atoms with van der Waals surface area (Å²) in [4.78, 5) is 0. The molecule has 0 unspecified atom stereocenters. The molecule has 27 aromatic rings. The summed E-state index contributed by atoms with van der Waals surface area (Å²) in [5, 5.41) is 10.0. The number of fused-ring (bicyclic) bond motifs is 18. The third-order valence-electron chi connectivity index (χ3n) is 30.9. The van der Waals surface area contributed by atoms with Gasteiger partial charge in [-0.15, -0.1) is 0 Å². The van der Waals surface area contributed by atoms with Crippen LogP contribution in [0.15, 0.2) is 558 Å². The van der Waals surface area contributed by atoms with E-state index in [0.717, 1.165) is 11.4 Å². The maximum Gasteiger partial charge on any atom is 0.0713 e. The normalized spacial score (nSPS) is 12.7. The molecule has 4 aromatic heterocycles. The molecular formula is C140H92N4. The summed E-state index contributed by atoms with van der Waals surface area (Å²) in [6.07, 6.45) is 0. The van der Waals surface area contributed by atoms with Crippen molar-refractivity contribution in [2.45, 2.75) is 10.8 Å². The minimum Gasteiger partial charge on any atom is -0.309 e. The van der Waals surface area contributed by atoms with Crippen LogP contribution in [0.5, 0.6) is 0 Å². The molecule has 672 valence electrons. The van der Waals surface area contributed by atoms with Crippen molar-refractivity contribution in [2.24, 2.45) is 0 Å². The van der Waals surface area contributed by atoms with Crippen molar-refractivity contribution in [3.8, 4) is 123 Å². The van der Waals surface area contributed by atoms with Crippen molar-refractivity contribution in [3.05, 3.63) is 603 Å². The molecular weight excluding hydrogens is 1740 g/mol. The third kappa shape index (κ3) is 13.4. The van der Waals surface area contributed by atoms with Crippen LogP contribution < -0.4 is 0 Å². The van der Waals surface area contributed by atoms with Crippen LogP contribution in [0.4, 0.5) is 0 Å². The third-order valence-corrected chi connectivity index (χ3v) is 30.9. The summed E-state index contributed by atoms with van der Waals surface area (Å²) in [6.45, 7) is 0. The second kappa shape index (κ2) is 34.1. The molecule has 29 rings (SSSR count). The molecule has 0 saturated heterocycles. The van der Waals surface area contributed by atoms with Crippen molar-refractivity contribution in [1.82, 2.24) is 18.3 Å². The first kappa shape index (κ1) is 83.4. The summed E-state index contributed by atoms with van der Waals surface area (Å²) in [6, 6.07) is 206. The first-order valence-corrected chi connectivity index (χ1v) is 49.9. The molecule has 2 aliphatic rings. The molecule has 0 amide bonds. The molecule has 2 aliphatic carbocycles. The van der Waals surface area contributed by atoms with E-state index in [-0.39, 0.29) is 0 Å². The topological polar surface area (TPSA) is 19.7 Å². The minimum absolute atomic E-state index is 0.424. The maximum absolute atomic E-state index is 2.42. The van der Waals surface area contributed by atoms with Crippen LogP contribution >= 0.6 is 0 Å². The van der Waals surface area contributed by atoms with E-state index in [1.54, 1.807) is 0 Å². The number of aromatic nitrogens is 4. The average Bonchev–Trinajstić information content (AvgIpc) is 1.53. The zero-order valence-corrected chi connectivity index (χ0v) is 78.9. The van der Waals surface area contributed by atoms with E-state index in [1.165, 1.54) is 243 Å². The van der Waals surface area contributed by atoms with Gasteiger partial charge in [-0.2, -0.15) is 0 Å². The Kier molecular flexibility index (Phi) is 19.8. The summed E-state index contributed by atoms with van der Waals surface area (Å²) in [7, 11) is 0. The predicted octanol–water partition coefficient (Wildman–Crippen LogP) is 36.2. The van der Waals surface area contributed by atoms with E-state index >= 15 is 0 Å². The van der Waals surface area contributed by atoms with Gasteiger partial charge in [0.25, 0.3) is 0 Å². The lowest BCUT2D eigenvalue weighted by Crippen LogP contribution is -2.28.